The maximum atomic E-state index is 6.53. The van der Waals surface area contributed by atoms with E-state index in [1.54, 1.807) is 7.11 Å². The maximum Gasteiger partial charge on any atom is 0.180 e. The summed E-state index contributed by atoms with van der Waals surface area (Å²) in [5, 5.41) is 4.14. The molecule has 3 aromatic carbocycles. The molecule has 1 N–H and O–H groups in total. The van der Waals surface area contributed by atoms with Crippen molar-refractivity contribution < 1.29 is 9.47 Å². The summed E-state index contributed by atoms with van der Waals surface area (Å²) in [7, 11) is 1.64. The average molecular weight is 424 g/mol. The first-order valence-corrected chi connectivity index (χ1v) is 10.7. The lowest BCUT2D eigenvalue weighted by molar-refractivity contribution is 0.284. The number of methoxy groups -OCH3 is 1. The summed E-state index contributed by atoms with van der Waals surface area (Å²) in [6, 6.07) is 23.2. The fraction of sp³-hybridized carbons (Fsp3) is 0.308. The summed E-state index contributed by atoms with van der Waals surface area (Å²) in [6.07, 6.45) is 2.14. The van der Waals surface area contributed by atoms with Gasteiger partial charge in [0.1, 0.15) is 6.61 Å². The molecule has 0 aliphatic rings. The van der Waals surface area contributed by atoms with Gasteiger partial charge in [-0.1, -0.05) is 71.8 Å². The second-order valence-corrected chi connectivity index (χ2v) is 8.10. The molecule has 0 aliphatic heterocycles. The standard InChI is InChI=1S/C26H30ClNO2/c1-19-9-12-22(13-10-19)18-30-26-24(27)15-23(16-25(26)29-3)17-28-20(2)11-14-21-7-5-4-6-8-21/h4-10,12-13,15-16,20,28H,11,14,17-18H2,1-3H3/t20-/m0/s1. The van der Waals surface area contributed by atoms with Crippen molar-refractivity contribution in [3.63, 3.8) is 0 Å². The average Bonchev–Trinajstić information content (AvgIpc) is 2.77. The van der Waals surface area contributed by atoms with Gasteiger partial charge in [0.15, 0.2) is 11.5 Å². The Kier molecular flexibility index (Phi) is 8.18. The van der Waals surface area contributed by atoms with E-state index in [4.69, 9.17) is 21.1 Å². The molecular formula is C26H30ClNO2. The highest BCUT2D eigenvalue weighted by atomic mass is 35.5. The Balaban J connectivity index is 1.56. The van der Waals surface area contributed by atoms with Gasteiger partial charge in [0.2, 0.25) is 0 Å². The highest BCUT2D eigenvalue weighted by molar-refractivity contribution is 6.32. The van der Waals surface area contributed by atoms with Gasteiger partial charge in [0, 0.05) is 12.6 Å². The predicted octanol–water partition coefficient (Wildman–Crippen LogP) is 6.35. The number of hydrogen-bond acceptors (Lipinski definition) is 3. The van der Waals surface area contributed by atoms with E-state index in [2.05, 4.69) is 73.8 Å². The molecule has 0 heterocycles. The van der Waals surface area contributed by atoms with Crippen LogP contribution in [0.3, 0.4) is 0 Å². The zero-order chi connectivity index (χ0) is 21.3. The second-order valence-electron chi connectivity index (χ2n) is 7.69. The van der Waals surface area contributed by atoms with Gasteiger partial charge in [-0.15, -0.1) is 0 Å². The minimum Gasteiger partial charge on any atom is -0.493 e. The first-order chi connectivity index (χ1) is 14.5. The molecule has 0 saturated carbocycles. The minimum absolute atomic E-state index is 0.396. The Bertz CT molecular complexity index is 926. The van der Waals surface area contributed by atoms with Crippen molar-refractivity contribution in [2.75, 3.05) is 7.11 Å². The molecule has 0 bridgehead atoms. The number of ether oxygens (including phenoxy) is 2. The van der Waals surface area contributed by atoms with Gasteiger partial charge >= 0.3 is 0 Å². The molecule has 0 aliphatic carbocycles. The molecule has 0 saturated heterocycles. The van der Waals surface area contributed by atoms with Crippen molar-refractivity contribution in [3.8, 4) is 11.5 Å². The van der Waals surface area contributed by atoms with E-state index < -0.39 is 0 Å². The van der Waals surface area contributed by atoms with Crippen LogP contribution in [0.25, 0.3) is 0 Å². The van der Waals surface area contributed by atoms with Crippen LogP contribution in [0.1, 0.15) is 35.6 Å². The smallest absolute Gasteiger partial charge is 0.180 e. The van der Waals surface area contributed by atoms with E-state index in [1.165, 1.54) is 11.1 Å². The molecule has 0 amide bonds. The Morgan fingerprint density at radius 1 is 0.933 bits per heavy atom. The van der Waals surface area contributed by atoms with Gasteiger partial charge in [-0.25, -0.2) is 0 Å². The predicted molar refractivity (Wildman–Crippen MR) is 125 cm³/mol. The summed E-state index contributed by atoms with van der Waals surface area (Å²) >= 11 is 6.53. The van der Waals surface area contributed by atoms with Crippen LogP contribution in [-0.2, 0) is 19.6 Å². The summed E-state index contributed by atoms with van der Waals surface area (Å²) < 4.78 is 11.5. The molecule has 0 unspecified atom stereocenters. The second kappa shape index (κ2) is 11.1. The van der Waals surface area contributed by atoms with Crippen LogP contribution in [-0.4, -0.2) is 13.2 Å². The first kappa shape index (κ1) is 22.2. The lowest BCUT2D eigenvalue weighted by Gasteiger charge is -2.17. The zero-order valence-corrected chi connectivity index (χ0v) is 18.7. The molecule has 158 valence electrons. The van der Waals surface area contributed by atoms with Gasteiger partial charge in [-0.05, 0) is 55.5 Å². The molecule has 0 fully saturated rings. The van der Waals surface area contributed by atoms with Crippen LogP contribution >= 0.6 is 11.6 Å². The summed E-state index contributed by atoms with van der Waals surface area (Å²) in [5.74, 6) is 1.24. The molecule has 3 aromatic rings. The third-order valence-corrected chi connectivity index (χ3v) is 5.44. The van der Waals surface area contributed by atoms with E-state index in [9.17, 15) is 0 Å². The normalized spacial score (nSPS) is 11.9. The van der Waals surface area contributed by atoms with Crippen molar-refractivity contribution in [1.82, 2.24) is 5.32 Å². The van der Waals surface area contributed by atoms with Crippen molar-refractivity contribution in [1.29, 1.82) is 0 Å². The molecule has 0 spiro atoms. The van der Waals surface area contributed by atoms with Gasteiger partial charge in [0.05, 0.1) is 12.1 Å². The largest absolute Gasteiger partial charge is 0.493 e. The van der Waals surface area contributed by atoms with Crippen molar-refractivity contribution >= 4 is 11.6 Å². The Hall–Kier alpha value is -2.49. The third-order valence-electron chi connectivity index (χ3n) is 5.16. The van der Waals surface area contributed by atoms with Crippen LogP contribution in [0.2, 0.25) is 5.02 Å². The Labute approximate surface area is 185 Å². The fourth-order valence-electron chi connectivity index (χ4n) is 3.28. The topological polar surface area (TPSA) is 30.5 Å². The first-order valence-electron chi connectivity index (χ1n) is 10.4. The highest BCUT2D eigenvalue weighted by Gasteiger charge is 2.13. The van der Waals surface area contributed by atoms with Crippen molar-refractivity contribution in [2.24, 2.45) is 0 Å². The number of benzene rings is 3. The van der Waals surface area contributed by atoms with E-state index >= 15 is 0 Å². The fourth-order valence-corrected chi connectivity index (χ4v) is 3.57. The number of nitrogens with one attached hydrogen (secondary N) is 1. The SMILES string of the molecule is COc1cc(CN[C@@H](C)CCc2ccccc2)cc(Cl)c1OCc1ccc(C)cc1. The van der Waals surface area contributed by atoms with Gasteiger partial charge in [-0.3, -0.25) is 0 Å². The Morgan fingerprint density at radius 2 is 1.67 bits per heavy atom. The number of halogens is 1. The van der Waals surface area contributed by atoms with Gasteiger partial charge in [0.25, 0.3) is 0 Å². The minimum atomic E-state index is 0.396. The van der Waals surface area contributed by atoms with E-state index in [0.29, 0.717) is 29.2 Å². The number of rotatable bonds is 10. The van der Waals surface area contributed by atoms with E-state index in [1.807, 2.05) is 12.1 Å². The molecule has 30 heavy (non-hydrogen) atoms. The Morgan fingerprint density at radius 3 is 2.37 bits per heavy atom. The maximum absolute atomic E-state index is 6.53. The molecule has 3 nitrogen and oxygen atoms in total. The lowest BCUT2D eigenvalue weighted by Crippen LogP contribution is -2.26. The monoisotopic (exact) mass is 423 g/mol. The number of hydrogen-bond donors (Lipinski definition) is 1. The van der Waals surface area contributed by atoms with E-state index in [-0.39, 0.29) is 0 Å². The zero-order valence-electron chi connectivity index (χ0n) is 18.0. The van der Waals surface area contributed by atoms with E-state index in [0.717, 1.165) is 30.5 Å². The molecule has 4 heteroatoms. The van der Waals surface area contributed by atoms with Gasteiger partial charge in [-0.2, -0.15) is 0 Å². The summed E-state index contributed by atoms with van der Waals surface area (Å²) in [6.45, 7) is 5.45. The molecule has 0 radical (unpaired) electrons. The van der Waals surface area contributed by atoms with Crippen molar-refractivity contribution in [2.45, 2.75) is 45.9 Å². The quantitative estimate of drug-likeness (QED) is 0.412. The number of aryl methyl sites for hydroxylation is 2. The lowest BCUT2D eigenvalue weighted by atomic mass is 10.1. The van der Waals surface area contributed by atoms with Gasteiger partial charge < -0.3 is 14.8 Å². The highest BCUT2D eigenvalue weighted by Crippen LogP contribution is 2.37. The molecule has 0 aromatic heterocycles. The third kappa shape index (κ3) is 6.51. The summed E-state index contributed by atoms with van der Waals surface area (Å²) in [5.41, 5.74) is 4.76. The van der Waals surface area contributed by atoms with Crippen LogP contribution in [0.15, 0.2) is 66.7 Å². The summed E-state index contributed by atoms with van der Waals surface area (Å²) in [4.78, 5) is 0. The van der Waals surface area contributed by atoms with Crippen molar-refractivity contribution in [3.05, 3.63) is 94.0 Å². The van der Waals surface area contributed by atoms with Crippen LogP contribution in [0.4, 0.5) is 0 Å². The molecule has 1 atom stereocenters. The van der Waals surface area contributed by atoms with Crippen LogP contribution < -0.4 is 14.8 Å². The molecular weight excluding hydrogens is 394 g/mol. The molecule has 3 rings (SSSR count). The van der Waals surface area contributed by atoms with Crippen LogP contribution in [0, 0.1) is 6.92 Å². The van der Waals surface area contributed by atoms with Crippen LogP contribution in [0.5, 0.6) is 11.5 Å².